The molecule has 3 aromatic rings. The number of carbonyl (C=O) groups is 2. The first-order valence-corrected chi connectivity index (χ1v) is 16.0. The maximum absolute atomic E-state index is 14.5. The Balaban J connectivity index is 1.82. The van der Waals surface area contributed by atoms with E-state index in [0.717, 1.165) is 0 Å². The summed E-state index contributed by atoms with van der Waals surface area (Å²) in [7, 11) is 0. The van der Waals surface area contributed by atoms with E-state index in [0.29, 0.717) is 26.7 Å². The van der Waals surface area contributed by atoms with Gasteiger partial charge >= 0.3 is 5.97 Å². The molecule has 0 radical (unpaired) electrons. The van der Waals surface area contributed by atoms with Crippen molar-refractivity contribution in [3.63, 3.8) is 0 Å². The molecule has 0 aromatic heterocycles. The van der Waals surface area contributed by atoms with Crippen molar-refractivity contribution in [2.75, 3.05) is 6.54 Å². The SMILES string of the molecule is CC(C)[C@@H](CN(C(C)Cc1ccccc1F)S(=O)[O-])N1C(=O)[C@H](CC(=O)O)O[C@H](c2cccc(Cl)c2)[C@H]1c1ccc(Cl)cc1. The van der Waals surface area contributed by atoms with Crippen LogP contribution in [0, 0.1) is 11.7 Å². The van der Waals surface area contributed by atoms with Crippen LogP contribution in [0.3, 0.4) is 0 Å². The van der Waals surface area contributed by atoms with E-state index in [1.54, 1.807) is 78.6 Å². The molecule has 12 heteroatoms. The van der Waals surface area contributed by atoms with Gasteiger partial charge < -0.3 is 19.3 Å². The molecular weight excluding hydrogens is 630 g/mol. The molecular formula is C32H34Cl2FN2O6S-. The summed E-state index contributed by atoms with van der Waals surface area (Å²) < 4.78 is 47.3. The molecule has 2 unspecified atom stereocenters. The number of rotatable bonds is 12. The summed E-state index contributed by atoms with van der Waals surface area (Å²) in [6, 6.07) is 17.8. The summed E-state index contributed by atoms with van der Waals surface area (Å²) in [6.45, 7) is 5.28. The highest BCUT2D eigenvalue weighted by atomic mass is 35.5. The molecule has 4 rings (SSSR count). The molecule has 8 nitrogen and oxygen atoms in total. The van der Waals surface area contributed by atoms with Gasteiger partial charge in [-0.2, -0.15) is 0 Å². The Morgan fingerprint density at radius 3 is 2.32 bits per heavy atom. The third-order valence-corrected chi connectivity index (χ3v) is 9.21. The molecule has 1 N–H and O–H groups in total. The molecule has 1 saturated heterocycles. The number of carbonyl (C=O) groups excluding carboxylic acids is 1. The summed E-state index contributed by atoms with van der Waals surface area (Å²) in [5, 5.41) is 10.6. The Morgan fingerprint density at radius 2 is 1.73 bits per heavy atom. The lowest BCUT2D eigenvalue weighted by Gasteiger charge is -2.50. The fourth-order valence-corrected chi connectivity index (χ4v) is 6.61. The van der Waals surface area contributed by atoms with E-state index in [9.17, 15) is 27.8 Å². The van der Waals surface area contributed by atoms with Gasteiger partial charge in [0.25, 0.3) is 5.91 Å². The van der Waals surface area contributed by atoms with Gasteiger partial charge in [0.05, 0.1) is 12.5 Å². The van der Waals surface area contributed by atoms with Gasteiger partial charge in [0.15, 0.2) is 0 Å². The van der Waals surface area contributed by atoms with Crippen LogP contribution >= 0.6 is 23.2 Å². The fraction of sp³-hybridized carbons (Fsp3) is 0.375. The van der Waals surface area contributed by atoms with E-state index in [-0.39, 0.29) is 18.9 Å². The predicted octanol–water partition coefficient (Wildman–Crippen LogP) is 6.37. The number of nitrogens with zero attached hydrogens (tertiary/aromatic N) is 2. The number of carboxylic acid groups (broad SMARTS) is 1. The lowest BCUT2D eigenvalue weighted by Crippen LogP contribution is -2.59. The van der Waals surface area contributed by atoms with Crippen molar-refractivity contribution in [2.24, 2.45) is 5.92 Å². The average molecular weight is 665 g/mol. The number of carboxylic acids is 1. The number of amides is 1. The molecule has 0 bridgehead atoms. The summed E-state index contributed by atoms with van der Waals surface area (Å²) in [5.74, 6) is -2.53. The second-order valence-electron chi connectivity index (χ2n) is 11.2. The molecule has 0 saturated carbocycles. The van der Waals surface area contributed by atoms with Gasteiger partial charge in [0.2, 0.25) is 0 Å². The van der Waals surface area contributed by atoms with Gasteiger partial charge in [0.1, 0.15) is 18.0 Å². The van der Waals surface area contributed by atoms with Crippen LogP contribution in [0.1, 0.15) is 56.0 Å². The Kier molecular flexibility index (Phi) is 11.6. The van der Waals surface area contributed by atoms with E-state index in [1.165, 1.54) is 10.4 Å². The maximum Gasteiger partial charge on any atom is 0.306 e. The molecule has 236 valence electrons. The second kappa shape index (κ2) is 14.9. The zero-order chi connectivity index (χ0) is 32.1. The van der Waals surface area contributed by atoms with E-state index in [2.05, 4.69) is 0 Å². The molecule has 6 atom stereocenters. The van der Waals surface area contributed by atoms with Crippen molar-refractivity contribution in [1.82, 2.24) is 9.21 Å². The average Bonchev–Trinajstić information content (AvgIpc) is 2.96. The van der Waals surface area contributed by atoms with Gasteiger partial charge in [0, 0.05) is 39.9 Å². The Morgan fingerprint density at radius 1 is 1.05 bits per heavy atom. The zero-order valence-electron chi connectivity index (χ0n) is 24.4. The third-order valence-electron chi connectivity index (χ3n) is 7.83. The smallest absolute Gasteiger partial charge is 0.306 e. The Hall–Kier alpha value is -2.86. The number of ether oxygens (including phenoxy) is 1. The standard InChI is InChI=1S/C32H35Cl2FN2O6S/c1-19(2)27(18-36(44(41)42)20(3)15-22-7-4-5-10-26(22)35)37-30(21-11-13-24(33)14-12-21)31(23-8-6-9-25(34)16-23)43-28(32(37)40)17-29(38)39/h4-14,16,19-20,27-28,30-31H,15,17-18H2,1-3H3,(H,38,39)(H,41,42)/p-1/t20?,27-,28+,30-,31-/m1/s1. The minimum Gasteiger partial charge on any atom is -0.760 e. The van der Waals surface area contributed by atoms with Crippen LogP contribution < -0.4 is 0 Å². The minimum absolute atomic E-state index is 0.107. The number of hydrogen-bond acceptors (Lipinski definition) is 5. The third kappa shape index (κ3) is 8.04. The van der Waals surface area contributed by atoms with Gasteiger partial charge in [-0.1, -0.05) is 79.5 Å². The molecule has 3 aromatic carbocycles. The highest BCUT2D eigenvalue weighted by Crippen LogP contribution is 2.45. The van der Waals surface area contributed by atoms with E-state index < -0.39 is 65.7 Å². The topological polar surface area (TPSA) is 110 Å². The van der Waals surface area contributed by atoms with Crippen LogP contribution in [0.4, 0.5) is 4.39 Å². The Bertz CT molecular complexity index is 1490. The summed E-state index contributed by atoms with van der Waals surface area (Å²) >= 11 is 9.82. The first-order chi connectivity index (χ1) is 20.9. The maximum atomic E-state index is 14.5. The monoisotopic (exact) mass is 663 g/mol. The zero-order valence-corrected chi connectivity index (χ0v) is 26.8. The molecule has 0 aliphatic carbocycles. The van der Waals surface area contributed by atoms with Crippen LogP contribution in [-0.2, 0) is 32.0 Å². The molecule has 1 heterocycles. The number of halogens is 3. The van der Waals surface area contributed by atoms with Gasteiger partial charge in [-0.3, -0.25) is 13.8 Å². The van der Waals surface area contributed by atoms with Crippen molar-refractivity contribution >= 4 is 46.3 Å². The quantitative estimate of drug-likeness (QED) is 0.226. The number of benzene rings is 3. The van der Waals surface area contributed by atoms with Crippen LogP contribution in [-0.4, -0.2) is 59.7 Å². The molecule has 1 fully saturated rings. The van der Waals surface area contributed by atoms with Crippen molar-refractivity contribution in [2.45, 2.75) is 63.9 Å². The van der Waals surface area contributed by atoms with Gasteiger partial charge in [-0.25, -0.2) is 8.70 Å². The second-order valence-corrected chi connectivity index (χ2v) is 13.0. The van der Waals surface area contributed by atoms with Crippen LogP contribution in [0.25, 0.3) is 0 Å². The van der Waals surface area contributed by atoms with E-state index in [4.69, 9.17) is 27.9 Å². The molecule has 0 spiro atoms. The van der Waals surface area contributed by atoms with Crippen LogP contribution in [0.15, 0.2) is 72.8 Å². The lowest BCUT2D eigenvalue weighted by molar-refractivity contribution is -0.185. The van der Waals surface area contributed by atoms with Gasteiger partial charge in [-0.15, -0.1) is 0 Å². The highest BCUT2D eigenvalue weighted by molar-refractivity contribution is 7.76. The summed E-state index contributed by atoms with van der Waals surface area (Å²) in [6.07, 6.45) is -2.68. The fourth-order valence-electron chi connectivity index (χ4n) is 5.64. The van der Waals surface area contributed by atoms with E-state index in [1.807, 2.05) is 13.8 Å². The lowest BCUT2D eigenvalue weighted by atomic mass is 9.87. The largest absolute Gasteiger partial charge is 0.760 e. The predicted molar refractivity (Wildman–Crippen MR) is 166 cm³/mol. The van der Waals surface area contributed by atoms with Crippen molar-refractivity contribution in [1.29, 1.82) is 0 Å². The number of hydrogen-bond donors (Lipinski definition) is 1. The molecule has 1 amide bonds. The van der Waals surface area contributed by atoms with Crippen molar-refractivity contribution in [3.8, 4) is 0 Å². The normalized spacial score (nSPS) is 21.0. The van der Waals surface area contributed by atoms with E-state index >= 15 is 0 Å². The number of morpholine rings is 1. The molecule has 1 aliphatic rings. The van der Waals surface area contributed by atoms with Crippen LogP contribution in [0.2, 0.25) is 10.0 Å². The highest BCUT2D eigenvalue weighted by Gasteiger charge is 2.48. The molecule has 44 heavy (non-hydrogen) atoms. The minimum atomic E-state index is -2.73. The summed E-state index contributed by atoms with van der Waals surface area (Å²) in [4.78, 5) is 27.6. The first-order valence-electron chi connectivity index (χ1n) is 14.2. The Labute approximate surface area is 269 Å². The first kappa shape index (κ1) is 34.0. The van der Waals surface area contributed by atoms with Crippen LogP contribution in [0.5, 0.6) is 0 Å². The van der Waals surface area contributed by atoms with Gasteiger partial charge in [-0.05, 0) is 66.3 Å². The van der Waals surface area contributed by atoms with Crippen molar-refractivity contribution in [3.05, 3.63) is 105 Å². The molecule has 1 aliphatic heterocycles. The van der Waals surface area contributed by atoms with Crippen molar-refractivity contribution < 1.29 is 32.6 Å². The summed E-state index contributed by atoms with van der Waals surface area (Å²) in [5.41, 5.74) is 1.63. The number of aliphatic carboxylic acids is 1.